The number of nitrogens with one attached hydrogen (secondary N) is 3. The van der Waals surface area contributed by atoms with Crippen LogP contribution in [0.25, 0.3) is 21.9 Å². The van der Waals surface area contributed by atoms with Gasteiger partial charge in [0.25, 0.3) is 50.6 Å². The van der Waals surface area contributed by atoms with Gasteiger partial charge in [0.2, 0.25) is 5.91 Å². The molecule has 2 heterocycles. The molecule has 34 heteroatoms. The molecule has 0 saturated carbocycles. The molecule has 404 valence electrons. The Morgan fingerprint density at radius 1 is 0.590 bits per heavy atom. The molecule has 0 atom stereocenters. The monoisotopic (exact) mass is 1220 g/mol. The van der Waals surface area contributed by atoms with Crippen molar-refractivity contribution < 1.29 is 69.6 Å². The summed E-state index contributed by atoms with van der Waals surface area (Å²) in [6.45, 7) is 4.68. The summed E-state index contributed by atoms with van der Waals surface area (Å²) in [5.41, 5.74) is -1.07. The summed E-state index contributed by atoms with van der Waals surface area (Å²) in [4.78, 5) is 11.9. The maximum atomic E-state index is 12.7. The highest BCUT2D eigenvalue weighted by atomic mass is 35.5. The van der Waals surface area contributed by atoms with Gasteiger partial charge in [0, 0.05) is 44.9 Å². The zero-order chi connectivity index (χ0) is 57.6. The van der Waals surface area contributed by atoms with E-state index in [9.17, 15) is 80.2 Å². The zero-order valence-corrected chi connectivity index (χ0v) is 45.6. The zero-order valence-electron chi connectivity index (χ0n) is 39.2. The highest BCUT2D eigenvalue weighted by Gasteiger charge is 2.28. The van der Waals surface area contributed by atoms with Gasteiger partial charge >= 0.3 is 0 Å². The second kappa shape index (κ2) is 21.8. The van der Waals surface area contributed by atoms with Crippen LogP contribution in [0.1, 0.15) is 30.5 Å². The molecule has 2 aromatic heterocycles. The lowest BCUT2D eigenvalue weighted by Gasteiger charge is -2.16. The standard InChI is InChI=1S/C44H32Cl2N10O16S6/c1-20(2)42(57)51-23-6-4-22(5-7-23)38-31(19-48)43(73-44(38)56-53-26-12-28-29(34(15-26)75(61,62)63)16-27(74(58,59)60)17-35(28)76(64,65)66)55-54-39-21(3)30(18-47)40(49-24-8-10-32(45)36(13-24)77(67,68)69)52-41(39)50-25-9-11-33(46)37(14-25)78(70,71)72/h4-17,20H,1-3H3,(H,51,57)(H2,49,50,52)(H,58,59,60)(H,61,62,63)(H,64,65,66)(H,67,68,69)(H,70,71,72)/b55-54?,56-53+. The van der Waals surface area contributed by atoms with Gasteiger partial charge in [0.15, 0.2) is 16.6 Å². The highest BCUT2D eigenvalue weighted by Crippen LogP contribution is 2.49. The number of benzene rings is 5. The maximum absolute atomic E-state index is 12.7. The van der Waals surface area contributed by atoms with Crippen LogP contribution in [0.3, 0.4) is 0 Å². The normalized spacial score (nSPS) is 12.5. The maximum Gasteiger partial charge on any atom is 0.296 e. The third kappa shape index (κ3) is 12.8. The van der Waals surface area contributed by atoms with Gasteiger partial charge < -0.3 is 16.0 Å². The van der Waals surface area contributed by atoms with Crippen molar-refractivity contribution in [3.63, 3.8) is 0 Å². The number of carbonyl (C=O) groups excluding carboxylic acids is 1. The lowest BCUT2D eigenvalue weighted by Crippen LogP contribution is -2.17. The second-order valence-electron chi connectivity index (χ2n) is 16.3. The lowest BCUT2D eigenvalue weighted by atomic mass is 10.0. The van der Waals surface area contributed by atoms with Crippen molar-refractivity contribution in [3.05, 3.63) is 112 Å². The Balaban J connectivity index is 1.46. The van der Waals surface area contributed by atoms with E-state index in [4.69, 9.17) is 23.2 Å². The largest absolute Gasteiger partial charge is 0.339 e. The molecule has 78 heavy (non-hydrogen) atoms. The molecule has 7 rings (SSSR count). The summed E-state index contributed by atoms with van der Waals surface area (Å²) < 4.78 is 173. The summed E-state index contributed by atoms with van der Waals surface area (Å²) in [5, 5.41) is 43.7. The molecule has 0 aliphatic heterocycles. The quantitative estimate of drug-likeness (QED) is 0.0329. The Labute approximate surface area is 456 Å². The molecule has 5 aromatic carbocycles. The predicted octanol–water partition coefficient (Wildman–Crippen LogP) is 10.5. The summed E-state index contributed by atoms with van der Waals surface area (Å²) in [6.07, 6.45) is 0. The first-order valence-corrected chi connectivity index (χ1v) is 29.9. The Kier molecular flexibility index (Phi) is 16.3. The third-order valence-electron chi connectivity index (χ3n) is 10.7. The number of halogens is 2. The SMILES string of the molecule is Cc1c(C#N)c(Nc2ccc(Cl)c(S(=O)(=O)O)c2)nc(Nc2ccc(Cl)c(S(=O)(=O)O)c2)c1N=Nc1sc(/N=N/c2cc(S(=O)(=O)O)c3cc(S(=O)(=O)O)cc(S(=O)(=O)O)c3c2)c(-c2ccc(NC(=O)C(C)C)cc2)c1C#N. The third-order valence-corrected chi connectivity index (χ3v) is 17.0. The van der Waals surface area contributed by atoms with Crippen LogP contribution in [0.4, 0.5) is 50.1 Å². The molecular formula is C44H32Cl2N10O16S6. The van der Waals surface area contributed by atoms with E-state index in [2.05, 4.69) is 41.4 Å². The van der Waals surface area contributed by atoms with E-state index < -0.39 is 97.4 Å². The average Bonchev–Trinajstić information content (AvgIpc) is 3.83. The van der Waals surface area contributed by atoms with Gasteiger partial charge in [-0.25, -0.2) is 4.98 Å². The minimum absolute atomic E-state index is 0.0256. The molecule has 26 nitrogen and oxygen atoms in total. The minimum Gasteiger partial charge on any atom is -0.339 e. The topological polar surface area (TPSA) is 435 Å². The molecule has 0 unspecified atom stereocenters. The van der Waals surface area contributed by atoms with Crippen LogP contribution in [-0.4, -0.2) is 75.7 Å². The van der Waals surface area contributed by atoms with Crippen LogP contribution in [0, 0.1) is 35.5 Å². The molecule has 8 N–H and O–H groups in total. The number of pyridine rings is 1. The number of hydrogen-bond acceptors (Lipinski definition) is 21. The van der Waals surface area contributed by atoms with Gasteiger partial charge in [-0.3, -0.25) is 27.6 Å². The second-order valence-corrected chi connectivity index (χ2v) is 25.1. The number of amides is 1. The number of azo groups is 2. The fourth-order valence-electron chi connectivity index (χ4n) is 7.08. The van der Waals surface area contributed by atoms with Gasteiger partial charge in [0.1, 0.15) is 48.0 Å². The van der Waals surface area contributed by atoms with E-state index in [1.165, 1.54) is 43.3 Å². The van der Waals surface area contributed by atoms with Crippen molar-refractivity contribution in [1.29, 1.82) is 10.5 Å². The smallest absolute Gasteiger partial charge is 0.296 e. The molecule has 1 amide bonds. The molecule has 0 radical (unpaired) electrons. The van der Waals surface area contributed by atoms with E-state index >= 15 is 0 Å². The average molecular weight is 1220 g/mol. The fraction of sp³-hybridized carbons (Fsp3) is 0.0909. The van der Waals surface area contributed by atoms with Crippen molar-refractivity contribution in [2.75, 3.05) is 16.0 Å². The Bertz CT molecular complexity index is 4450. The van der Waals surface area contributed by atoms with Gasteiger partial charge in [0.05, 0.1) is 26.2 Å². The van der Waals surface area contributed by atoms with Crippen LogP contribution in [0.5, 0.6) is 0 Å². The Morgan fingerprint density at radius 2 is 1.08 bits per heavy atom. The first-order valence-electron chi connectivity index (χ1n) is 21.1. The fourth-order valence-corrected chi connectivity index (χ4v) is 12.0. The number of anilines is 5. The summed E-state index contributed by atoms with van der Waals surface area (Å²) in [7, 11) is -25.9. The van der Waals surface area contributed by atoms with Crippen molar-refractivity contribution in [2.24, 2.45) is 26.4 Å². The first-order chi connectivity index (χ1) is 36.2. The molecule has 0 aliphatic rings. The van der Waals surface area contributed by atoms with Crippen LogP contribution >= 0.6 is 34.5 Å². The molecule has 0 spiro atoms. The number of aromatic nitrogens is 1. The number of nitrogens with zero attached hydrogens (tertiary/aromatic N) is 7. The van der Waals surface area contributed by atoms with E-state index in [0.29, 0.717) is 35.2 Å². The molecular weight excluding hydrogens is 1190 g/mol. The van der Waals surface area contributed by atoms with Crippen molar-refractivity contribution >= 4 is 152 Å². The number of thiophene rings is 1. The van der Waals surface area contributed by atoms with Crippen LogP contribution in [-0.2, 0) is 55.4 Å². The molecule has 0 fully saturated rings. The number of carbonyl (C=O) groups is 1. The molecule has 0 bridgehead atoms. The van der Waals surface area contributed by atoms with Crippen LogP contribution in [0.2, 0.25) is 10.0 Å². The van der Waals surface area contributed by atoms with Crippen molar-refractivity contribution in [1.82, 2.24) is 4.98 Å². The molecule has 0 saturated heterocycles. The Hall–Kier alpha value is -7.41. The van der Waals surface area contributed by atoms with Gasteiger partial charge in [-0.2, -0.15) is 52.6 Å². The summed E-state index contributed by atoms with van der Waals surface area (Å²) in [5.74, 6) is -1.37. The predicted molar refractivity (Wildman–Crippen MR) is 282 cm³/mol. The number of hydrogen-bond donors (Lipinski definition) is 8. The summed E-state index contributed by atoms with van der Waals surface area (Å²) >= 11 is 12.7. The lowest BCUT2D eigenvalue weighted by molar-refractivity contribution is -0.118. The van der Waals surface area contributed by atoms with E-state index in [-0.39, 0.29) is 82.5 Å². The van der Waals surface area contributed by atoms with Gasteiger partial charge in [-0.05, 0) is 85.3 Å². The van der Waals surface area contributed by atoms with Crippen molar-refractivity contribution in [2.45, 2.75) is 45.2 Å². The van der Waals surface area contributed by atoms with Gasteiger partial charge in [-0.1, -0.05) is 60.5 Å². The van der Waals surface area contributed by atoms with Crippen LogP contribution < -0.4 is 16.0 Å². The first kappa shape index (κ1) is 58.3. The number of fused-ring (bicyclic) bond motifs is 1. The Morgan fingerprint density at radius 3 is 1.58 bits per heavy atom. The van der Waals surface area contributed by atoms with E-state index in [0.717, 1.165) is 30.3 Å². The molecule has 7 aromatic rings. The number of nitriles is 2. The summed E-state index contributed by atoms with van der Waals surface area (Å²) in [6, 6.07) is 18.8. The van der Waals surface area contributed by atoms with E-state index in [1.807, 2.05) is 12.1 Å². The van der Waals surface area contributed by atoms with Crippen molar-refractivity contribution in [3.8, 4) is 23.3 Å². The van der Waals surface area contributed by atoms with Crippen LogP contribution in [0.15, 0.2) is 130 Å². The van der Waals surface area contributed by atoms with E-state index in [1.54, 1.807) is 13.8 Å². The number of rotatable bonds is 16. The van der Waals surface area contributed by atoms with Gasteiger partial charge in [-0.15, -0.1) is 20.5 Å². The molecule has 0 aliphatic carbocycles. The highest BCUT2D eigenvalue weighted by molar-refractivity contribution is 7.87. The minimum atomic E-state index is -5.42.